The van der Waals surface area contributed by atoms with E-state index < -0.39 is 5.97 Å². The second-order valence-corrected chi connectivity index (χ2v) is 4.74. The summed E-state index contributed by atoms with van der Waals surface area (Å²) in [6, 6.07) is 9.21. The zero-order chi connectivity index (χ0) is 12.4. The van der Waals surface area contributed by atoms with Crippen molar-refractivity contribution in [2.75, 3.05) is 0 Å². The topological polar surface area (TPSA) is 63.1 Å². The van der Waals surface area contributed by atoms with Gasteiger partial charge in [0, 0.05) is 9.13 Å². The fraction of sp³-hybridized carbons (Fsp3) is 0.0833. The van der Waals surface area contributed by atoms with Gasteiger partial charge in [0.2, 0.25) is 0 Å². The van der Waals surface area contributed by atoms with Crippen LogP contribution in [0.15, 0.2) is 30.3 Å². The molecule has 0 saturated carbocycles. The van der Waals surface area contributed by atoms with Crippen molar-refractivity contribution in [2.45, 2.75) is 6.92 Å². The van der Waals surface area contributed by atoms with E-state index in [1.54, 1.807) is 6.92 Å². The largest absolute Gasteiger partial charge is 0.477 e. The van der Waals surface area contributed by atoms with Crippen molar-refractivity contribution in [2.24, 2.45) is 0 Å². The van der Waals surface area contributed by atoms with E-state index >= 15 is 0 Å². The summed E-state index contributed by atoms with van der Waals surface area (Å²) in [4.78, 5) is 19.0. The highest BCUT2D eigenvalue weighted by molar-refractivity contribution is 14.1. The molecule has 0 bridgehead atoms. The van der Waals surface area contributed by atoms with Crippen LogP contribution in [0, 0.1) is 10.5 Å². The molecular weight excluding hydrogens is 331 g/mol. The lowest BCUT2D eigenvalue weighted by Crippen LogP contribution is -2.04. The summed E-state index contributed by atoms with van der Waals surface area (Å²) in [5, 5.41) is 8.93. The van der Waals surface area contributed by atoms with E-state index in [1.807, 2.05) is 24.3 Å². The molecule has 0 unspecified atom stereocenters. The second-order valence-electron chi connectivity index (χ2n) is 3.50. The molecule has 0 fully saturated rings. The number of carboxylic acid groups (broad SMARTS) is 1. The first-order chi connectivity index (χ1) is 8.06. The number of carboxylic acids is 1. The number of rotatable bonds is 2. The second kappa shape index (κ2) is 4.79. The van der Waals surface area contributed by atoms with E-state index in [-0.39, 0.29) is 5.69 Å². The molecule has 0 spiro atoms. The van der Waals surface area contributed by atoms with Crippen molar-refractivity contribution in [3.05, 3.63) is 45.4 Å². The van der Waals surface area contributed by atoms with Gasteiger partial charge in [0.1, 0.15) is 5.82 Å². The summed E-state index contributed by atoms with van der Waals surface area (Å²) in [5.41, 5.74) is 1.54. The van der Waals surface area contributed by atoms with Crippen LogP contribution in [0.2, 0.25) is 0 Å². The van der Waals surface area contributed by atoms with Gasteiger partial charge in [-0.2, -0.15) is 0 Å². The summed E-state index contributed by atoms with van der Waals surface area (Å²) in [6.07, 6.45) is 0. The zero-order valence-corrected chi connectivity index (χ0v) is 11.2. The molecular formula is C12H9IN2O2. The molecule has 1 aromatic heterocycles. The Bertz CT molecular complexity index is 567. The van der Waals surface area contributed by atoms with Gasteiger partial charge in [0.05, 0.1) is 5.69 Å². The molecule has 5 heteroatoms. The molecule has 1 aromatic carbocycles. The van der Waals surface area contributed by atoms with Gasteiger partial charge in [-0.05, 0) is 47.7 Å². The third-order valence-corrected chi connectivity index (χ3v) is 2.92. The summed E-state index contributed by atoms with van der Waals surface area (Å²) in [6.45, 7) is 1.68. The Kier molecular flexibility index (Phi) is 3.37. The van der Waals surface area contributed by atoms with Crippen molar-refractivity contribution >= 4 is 28.6 Å². The maximum atomic E-state index is 10.9. The van der Waals surface area contributed by atoms with Crippen molar-refractivity contribution < 1.29 is 9.90 Å². The highest BCUT2D eigenvalue weighted by Gasteiger charge is 2.09. The SMILES string of the molecule is Cc1nc(C(=O)O)cc(-c2ccc(I)cc2)n1. The zero-order valence-electron chi connectivity index (χ0n) is 9.01. The van der Waals surface area contributed by atoms with E-state index in [1.165, 1.54) is 6.07 Å². The number of benzene rings is 1. The summed E-state index contributed by atoms with van der Waals surface area (Å²) < 4.78 is 1.12. The molecule has 0 saturated heterocycles. The van der Waals surface area contributed by atoms with E-state index in [0.717, 1.165) is 9.13 Å². The van der Waals surface area contributed by atoms with Gasteiger partial charge < -0.3 is 5.11 Å². The Balaban J connectivity index is 2.51. The first kappa shape index (κ1) is 12.0. The number of hydrogen-bond donors (Lipinski definition) is 1. The van der Waals surface area contributed by atoms with Crippen LogP contribution in [0.5, 0.6) is 0 Å². The first-order valence-corrected chi connectivity index (χ1v) is 5.99. The fourth-order valence-corrected chi connectivity index (χ4v) is 1.81. The van der Waals surface area contributed by atoms with E-state index in [9.17, 15) is 4.79 Å². The molecule has 1 heterocycles. The maximum absolute atomic E-state index is 10.9. The van der Waals surface area contributed by atoms with Crippen LogP contribution in [0.25, 0.3) is 11.3 Å². The third-order valence-electron chi connectivity index (χ3n) is 2.20. The molecule has 0 atom stereocenters. The van der Waals surface area contributed by atoms with Gasteiger partial charge in [0.25, 0.3) is 0 Å². The number of carbonyl (C=O) groups is 1. The number of nitrogens with zero attached hydrogens (tertiary/aromatic N) is 2. The van der Waals surface area contributed by atoms with Crippen LogP contribution in [0.1, 0.15) is 16.3 Å². The lowest BCUT2D eigenvalue weighted by Gasteiger charge is -2.03. The van der Waals surface area contributed by atoms with E-state index in [2.05, 4.69) is 32.6 Å². The number of hydrogen-bond acceptors (Lipinski definition) is 3. The molecule has 17 heavy (non-hydrogen) atoms. The molecule has 0 amide bonds. The molecule has 0 aliphatic heterocycles. The minimum absolute atomic E-state index is 0.0195. The summed E-state index contributed by atoms with van der Waals surface area (Å²) in [7, 11) is 0. The fourth-order valence-electron chi connectivity index (χ4n) is 1.45. The number of aryl methyl sites for hydroxylation is 1. The normalized spacial score (nSPS) is 10.2. The third kappa shape index (κ3) is 2.79. The van der Waals surface area contributed by atoms with Gasteiger partial charge in [-0.25, -0.2) is 14.8 Å². The van der Waals surface area contributed by atoms with Crippen LogP contribution >= 0.6 is 22.6 Å². The highest BCUT2D eigenvalue weighted by Crippen LogP contribution is 2.19. The predicted molar refractivity (Wildman–Crippen MR) is 71.9 cm³/mol. The Morgan fingerprint density at radius 3 is 2.47 bits per heavy atom. The van der Waals surface area contributed by atoms with E-state index in [4.69, 9.17) is 5.11 Å². The van der Waals surface area contributed by atoms with Crippen LogP contribution in [0.4, 0.5) is 0 Å². The first-order valence-electron chi connectivity index (χ1n) is 4.91. The van der Waals surface area contributed by atoms with Crippen molar-refractivity contribution in [1.82, 2.24) is 9.97 Å². The lowest BCUT2D eigenvalue weighted by atomic mass is 10.1. The summed E-state index contributed by atoms with van der Waals surface area (Å²) >= 11 is 2.21. The molecule has 86 valence electrons. The van der Waals surface area contributed by atoms with Crippen LogP contribution in [-0.2, 0) is 0 Å². The van der Waals surface area contributed by atoms with Crippen molar-refractivity contribution in [3.8, 4) is 11.3 Å². The molecule has 0 aliphatic carbocycles. The average molecular weight is 340 g/mol. The van der Waals surface area contributed by atoms with Gasteiger partial charge in [0.15, 0.2) is 5.69 Å². The minimum atomic E-state index is -1.04. The average Bonchev–Trinajstić information content (AvgIpc) is 2.29. The van der Waals surface area contributed by atoms with Gasteiger partial charge in [-0.1, -0.05) is 12.1 Å². The van der Waals surface area contributed by atoms with Gasteiger partial charge >= 0.3 is 5.97 Å². The Morgan fingerprint density at radius 1 is 1.24 bits per heavy atom. The van der Waals surface area contributed by atoms with Crippen LogP contribution < -0.4 is 0 Å². The highest BCUT2D eigenvalue weighted by atomic mass is 127. The Morgan fingerprint density at radius 2 is 1.88 bits per heavy atom. The maximum Gasteiger partial charge on any atom is 0.354 e. The van der Waals surface area contributed by atoms with Crippen LogP contribution in [-0.4, -0.2) is 21.0 Å². The molecule has 2 aromatic rings. The minimum Gasteiger partial charge on any atom is -0.477 e. The van der Waals surface area contributed by atoms with Gasteiger partial charge in [-0.15, -0.1) is 0 Å². The van der Waals surface area contributed by atoms with Crippen LogP contribution in [0.3, 0.4) is 0 Å². The standard InChI is InChI=1S/C12H9IN2O2/c1-7-14-10(6-11(15-7)12(16)17)8-2-4-9(13)5-3-8/h2-6H,1H3,(H,16,17). The number of aromatic carboxylic acids is 1. The van der Waals surface area contributed by atoms with Crippen molar-refractivity contribution in [1.29, 1.82) is 0 Å². The monoisotopic (exact) mass is 340 g/mol. The van der Waals surface area contributed by atoms with E-state index in [0.29, 0.717) is 11.5 Å². The Hall–Kier alpha value is -1.50. The molecule has 1 N–H and O–H groups in total. The quantitative estimate of drug-likeness (QED) is 0.854. The number of halogens is 1. The smallest absolute Gasteiger partial charge is 0.354 e. The Labute approximate surface area is 112 Å². The summed E-state index contributed by atoms with van der Waals surface area (Å²) in [5.74, 6) is -0.583. The van der Waals surface area contributed by atoms with Gasteiger partial charge in [-0.3, -0.25) is 0 Å². The predicted octanol–water partition coefficient (Wildman–Crippen LogP) is 2.75. The molecule has 0 radical (unpaired) electrons. The number of aromatic nitrogens is 2. The molecule has 0 aliphatic rings. The molecule has 4 nitrogen and oxygen atoms in total. The van der Waals surface area contributed by atoms with Crippen molar-refractivity contribution in [3.63, 3.8) is 0 Å². The lowest BCUT2D eigenvalue weighted by molar-refractivity contribution is 0.0690. The molecule has 2 rings (SSSR count).